The molecule has 3 aromatic carbocycles. The molecular formula is C44H39N3O+2. The maximum absolute atomic E-state index is 6.89. The maximum atomic E-state index is 6.89. The SMILES string of the molecule is C=CC1c2ccccc2-c2cccc[n+]2C1C1c2ccc3c(oc4nc(-c5c(C)cccc5C)ccc43)c2-c2cc(C(C)C)c(C)c[n+]21. The summed E-state index contributed by atoms with van der Waals surface area (Å²) >= 11 is 0. The van der Waals surface area contributed by atoms with E-state index in [1.807, 2.05) is 0 Å². The predicted molar refractivity (Wildman–Crippen MR) is 193 cm³/mol. The van der Waals surface area contributed by atoms with Gasteiger partial charge < -0.3 is 4.42 Å². The fraction of sp³-hybridized carbons (Fsp3) is 0.205. The van der Waals surface area contributed by atoms with E-state index in [1.54, 1.807) is 0 Å². The van der Waals surface area contributed by atoms with Crippen molar-refractivity contribution < 1.29 is 13.6 Å². The van der Waals surface area contributed by atoms with Crippen LogP contribution in [0.3, 0.4) is 0 Å². The molecule has 9 rings (SSSR count). The normalized spacial score (nSPS) is 17.8. The highest BCUT2D eigenvalue weighted by Crippen LogP contribution is 2.50. The third kappa shape index (κ3) is 3.98. The molecule has 4 nitrogen and oxygen atoms in total. The van der Waals surface area contributed by atoms with Crippen LogP contribution in [0.1, 0.15) is 71.1 Å². The fourth-order valence-corrected chi connectivity index (χ4v) is 8.78. The maximum Gasteiger partial charge on any atom is 0.247 e. The van der Waals surface area contributed by atoms with E-state index in [9.17, 15) is 0 Å². The van der Waals surface area contributed by atoms with Crippen LogP contribution in [-0.4, -0.2) is 4.98 Å². The molecule has 0 saturated carbocycles. The smallest absolute Gasteiger partial charge is 0.247 e. The number of aryl methyl sites for hydroxylation is 3. The van der Waals surface area contributed by atoms with Crippen LogP contribution in [0.2, 0.25) is 0 Å². The lowest BCUT2D eigenvalue weighted by Crippen LogP contribution is -2.56. The number of allylic oxidation sites excluding steroid dienone is 1. The van der Waals surface area contributed by atoms with Crippen molar-refractivity contribution >= 4 is 22.1 Å². The van der Waals surface area contributed by atoms with Crippen LogP contribution >= 0.6 is 0 Å². The van der Waals surface area contributed by atoms with Crippen LogP contribution < -0.4 is 9.13 Å². The highest BCUT2D eigenvalue weighted by molar-refractivity contribution is 6.09. The van der Waals surface area contributed by atoms with Crippen LogP contribution in [0.5, 0.6) is 0 Å². The monoisotopic (exact) mass is 625 g/mol. The van der Waals surface area contributed by atoms with Crippen molar-refractivity contribution in [3.05, 3.63) is 149 Å². The zero-order valence-electron chi connectivity index (χ0n) is 28.2. The molecule has 0 N–H and O–H groups in total. The van der Waals surface area contributed by atoms with E-state index < -0.39 is 0 Å². The number of hydrogen-bond donors (Lipinski definition) is 0. The molecule has 4 heteroatoms. The van der Waals surface area contributed by atoms with Crippen LogP contribution in [0.15, 0.2) is 120 Å². The summed E-state index contributed by atoms with van der Waals surface area (Å²) in [6.45, 7) is 15.5. The van der Waals surface area contributed by atoms with Gasteiger partial charge in [0.15, 0.2) is 18.0 Å². The molecule has 6 heterocycles. The van der Waals surface area contributed by atoms with E-state index >= 15 is 0 Å². The highest BCUT2D eigenvalue weighted by atomic mass is 16.3. The molecule has 4 aromatic heterocycles. The van der Waals surface area contributed by atoms with Gasteiger partial charge in [-0.05, 0) is 79.3 Å². The van der Waals surface area contributed by atoms with Crippen LogP contribution in [-0.2, 0) is 0 Å². The lowest BCUT2D eigenvalue weighted by molar-refractivity contribution is -0.800. The van der Waals surface area contributed by atoms with Crippen molar-refractivity contribution in [2.75, 3.05) is 0 Å². The number of rotatable bonds is 4. The highest BCUT2D eigenvalue weighted by Gasteiger charge is 2.54. The molecule has 0 saturated heterocycles. The second-order valence-electron chi connectivity index (χ2n) is 14.0. The molecular weight excluding hydrogens is 587 g/mol. The zero-order valence-corrected chi connectivity index (χ0v) is 28.2. The first-order valence-corrected chi connectivity index (χ1v) is 17.1. The number of benzene rings is 3. The molecule has 3 unspecified atom stereocenters. The molecule has 48 heavy (non-hydrogen) atoms. The Morgan fingerprint density at radius 1 is 0.750 bits per heavy atom. The third-order valence-corrected chi connectivity index (χ3v) is 10.9. The molecule has 0 aliphatic carbocycles. The minimum absolute atomic E-state index is 0.0215. The summed E-state index contributed by atoms with van der Waals surface area (Å²) in [6, 6.07) is 33.2. The van der Waals surface area contributed by atoms with Gasteiger partial charge in [0.25, 0.3) is 0 Å². The number of pyridine rings is 3. The van der Waals surface area contributed by atoms with E-state index in [4.69, 9.17) is 9.40 Å². The van der Waals surface area contributed by atoms with E-state index in [0.29, 0.717) is 11.6 Å². The third-order valence-electron chi connectivity index (χ3n) is 10.9. The summed E-state index contributed by atoms with van der Waals surface area (Å²) in [5.41, 5.74) is 16.3. The summed E-state index contributed by atoms with van der Waals surface area (Å²) in [5.74, 6) is 0.503. The molecule has 7 aromatic rings. The second kappa shape index (κ2) is 10.6. The van der Waals surface area contributed by atoms with E-state index in [1.165, 1.54) is 61.5 Å². The number of fused-ring (bicyclic) bond motifs is 10. The molecule has 0 amide bonds. The van der Waals surface area contributed by atoms with Gasteiger partial charge in [-0.25, -0.2) is 4.98 Å². The van der Waals surface area contributed by atoms with Crippen LogP contribution in [0, 0.1) is 20.8 Å². The van der Waals surface area contributed by atoms with Crippen LogP contribution in [0.4, 0.5) is 0 Å². The van der Waals surface area contributed by atoms with Crippen molar-refractivity contribution in [3.63, 3.8) is 0 Å². The van der Waals surface area contributed by atoms with E-state index in [2.05, 4.69) is 160 Å². The Kier molecular flexibility index (Phi) is 6.36. The first-order chi connectivity index (χ1) is 23.4. The van der Waals surface area contributed by atoms with Crippen molar-refractivity contribution in [3.8, 4) is 33.8 Å². The quantitative estimate of drug-likeness (QED) is 0.144. The summed E-state index contributed by atoms with van der Waals surface area (Å²) in [5, 5.41) is 2.15. The molecule has 0 spiro atoms. The van der Waals surface area contributed by atoms with Crippen LogP contribution in [0.25, 0.3) is 55.8 Å². The zero-order chi connectivity index (χ0) is 32.8. The number of nitrogens with zero attached hydrogens (tertiary/aromatic N) is 3. The average Bonchev–Trinajstić information content (AvgIpc) is 3.61. The average molecular weight is 626 g/mol. The molecule has 3 atom stereocenters. The Labute approximate surface area is 281 Å². The summed E-state index contributed by atoms with van der Waals surface area (Å²) in [7, 11) is 0. The van der Waals surface area contributed by atoms with Gasteiger partial charge in [-0.2, -0.15) is 9.13 Å². The van der Waals surface area contributed by atoms with Gasteiger partial charge in [-0.1, -0.05) is 62.4 Å². The topological polar surface area (TPSA) is 33.8 Å². The van der Waals surface area contributed by atoms with Crippen molar-refractivity contribution in [2.24, 2.45) is 0 Å². The standard InChI is InChI=1S/C44H39N3O/c1-7-29-30-15-8-9-16-31(30)37-17-10-11-22-46(37)41(29)42-34-19-18-32-33-20-21-36(39-26(4)13-12-14-27(39)5)45-44(33)48-43(32)40(34)38-23-35(25(2)3)28(6)24-47(38)42/h7-25,29,41-42H,1H2,2-6H3/q+2. The van der Waals surface area contributed by atoms with Gasteiger partial charge in [0.1, 0.15) is 0 Å². The minimum atomic E-state index is 0.0215. The number of hydrogen-bond acceptors (Lipinski definition) is 2. The van der Waals surface area contributed by atoms with Crippen molar-refractivity contribution in [1.29, 1.82) is 0 Å². The lowest BCUT2D eigenvalue weighted by Gasteiger charge is -2.30. The molecule has 0 bridgehead atoms. The van der Waals surface area contributed by atoms with Gasteiger partial charge >= 0.3 is 0 Å². The molecule has 0 radical (unpaired) electrons. The Bertz CT molecular complexity index is 2450. The van der Waals surface area contributed by atoms with Gasteiger partial charge in [-0.15, -0.1) is 6.58 Å². The summed E-state index contributed by atoms with van der Waals surface area (Å²) in [6.07, 6.45) is 6.78. The summed E-state index contributed by atoms with van der Waals surface area (Å²) < 4.78 is 11.9. The number of furan rings is 1. The first-order valence-electron chi connectivity index (χ1n) is 17.1. The van der Waals surface area contributed by atoms with Gasteiger partial charge in [0, 0.05) is 45.7 Å². The van der Waals surface area contributed by atoms with Crippen molar-refractivity contribution in [2.45, 2.75) is 58.5 Å². The molecule has 2 aliphatic heterocycles. The van der Waals surface area contributed by atoms with Crippen molar-refractivity contribution in [1.82, 2.24) is 4.98 Å². The van der Waals surface area contributed by atoms with E-state index in [0.717, 1.165) is 22.0 Å². The predicted octanol–water partition coefficient (Wildman–Crippen LogP) is 10.0. The minimum Gasteiger partial charge on any atom is -0.437 e. The first kappa shape index (κ1) is 28.8. The van der Waals surface area contributed by atoms with Gasteiger partial charge in [0.2, 0.25) is 29.2 Å². The number of aromatic nitrogens is 3. The summed E-state index contributed by atoms with van der Waals surface area (Å²) in [4.78, 5) is 5.14. The fourth-order valence-electron chi connectivity index (χ4n) is 8.78. The van der Waals surface area contributed by atoms with Gasteiger partial charge in [-0.3, -0.25) is 0 Å². The second-order valence-corrected chi connectivity index (χ2v) is 14.0. The molecule has 0 fully saturated rings. The largest absolute Gasteiger partial charge is 0.437 e. The Morgan fingerprint density at radius 2 is 1.52 bits per heavy atom. The lowest BCUT2D eigenvalue weighted by atomic mass is 9.78. The van der Waals surface area contributed by atoms with Gasteiger partial charge in [0.05, 0.1) is 22.7 Å². The van der Waals surface area contributed by atoms with E-state index in [-0.39, 0.29) is 18.0 Å². The molecule has 234 valence electrons. The Hall–Kier alpha value is -5.35. The molecule has 2 aliphatic rings. The Morgan fingerprint density at radius 3 is 2.31 bits per heavy atom. The Balaban J connectivity index is 1.33.